The van der Waals surface area contributed by atoms with Crippen LogP contribution in [0.5, 0.6) is 0 Å². The molecule has 0 saturated heterocycles. The van der Waals surface area contributed by atoms with Gasteiger partial charge in [0.25, 0.3) is 0 Å². The van der Waals surface area contributed by atoms with Crippen molar-refractivity contribution in [1.82, 2.24) is 0 Å². The third kappa shape index (κ3) is 3.42. The van der Waals surface area contributed by atoms with Crippen molar-refractivity contribution in [2.45, 2.75) is 86.3 Å². The highest BCUT2D eigenvalue weighted by Gasteiger charge is 2.94. The van der Waals surface area contributed by atoms with Crippen LogP contribution in [0.1, 0.15) is 39.0 Å². The second-order valence-electron chi connectivity index (χ2n) is 10.0. The van der Waals surface area contributed by atoms with Gasteiger partial charge in [0.15, 0.2) is 0 Å². The van der Waals surface area contributed by atoms with E-state index in [-0.39, 0.29) is 44.4 Å². The molecule has 1 unspecified atom stereocenters. The Labute approximate surface area is 188 Å². The van der Waals surface area contributed by atoms with Crippen molar-refractivity contribution in [2.24, 2.45) is 29.6 Å². The first-order chi connectivity index (χ1) is 15.3. The fraction of sp³-hybridized carbons (Fsp3) is 1.00. The number of hydrogen-bond donors (Lipinski definition) is 1. The van der Waals surface area contributed by atoms with E-state index in [1.807, 2.05) is 0 Å². The van der Waals surface area contributed by atoms with Crippen molar-refractivity contribution >= 4 is 0 Å². The Bertz CT molecular complexity index is 801. The van der Waals surface area contributed by atoms with Gasteiger partial charge in [0.2, 0.25) is 0 Å². The summed E-state index contributed by atoms with van der Waals surface area (Å²) in [6.45, 7) is -0.0788. The fourth-order valence-electron chi connectivity index (χ4n) is 6.34. The average Bonchev–Trinajstić information content (AvgIpc) is 2.65. The topological polar surface area (TPSA) is 20.2 Å². The molecule has 0 heterocycles. The normalized spacial score (nSPS) is 32.7. The lowest BCUT2D eigenvalue weighted by molar-refractivity contribution is -0.461. The molecule has 4 fully saturated rings. The smallest absolute Gasteiger partial charge is 0.383 e. The van der Waals surface area contributed by atoms with Crippen molar-refractivity contribution in [3.8, 4) is 0 Å². The van der Waals surface area contributed by atoms with Gasteiger partial charge in [-0.3, -0.25) is 0 Å². The lowest BCUT2D eigenvalue weighted by atomic mass is 9.48. The van der Waals surface area contributed by atoms with Gasteiger partial charge < -0.3 is 5.11 Å². The summed E-state index contributed by atoms with van der Waals surface area (Å²) in [4.78, 5) is 0. The van der Waals surface area contributed by atoms with Crippen molar-refractivity contribution in [3.05, 3.63) is 0 Å². The molecule has 16 heteroatoms. The predicted molar refractivity (Wildman–Crippen MR) is 86.9 cm³/mol. The summed E-state index contributed by atoms with van der Waals surface area (Å²) < 4.78 is 204. The summed E-state index contributed by atoms with van der Waals surface area (Å²) in [5.74, 6) is -51.0. The first-order valence-electron chi connectivity index (χ1n) is 10.3. The first kappa shape index (κ1) is 28.5. The summed E-state index contributed by atoms with van der Waals surface area (Å²) in [5, 5.41) is 10.4. The molecule has 0 amide bonds. The SMILES string of the molecule is CC(O)(C1C2CC3CC(C2)CC1C3)C(F)(F)C(F)(F)C(F)(F)C(F)(F)C(F)(F)C(F)(F)C(F)(F)F. The van der Waals surface area contributed by atoms with Gasteiger partial charge in [-0.2, -0.15) is 65.9 Å². The zero-order valence-electron chi connectivity index (χ0n) is 17.5. The second-order valence-corrected chi connectivity index (χ2v) is 10.0. The van der Waals surface area contributed by atoms with Gasteiger partial charge >= 0.3 is 41.7 Å². The van der Waals surface area contributed by atoms with Gasteiger partial charge in [-0.05, 0) is 68.6 Å². The summed E-state index contributed by atoms with van der Waals surface area (Å²) in [7, 11) is 0. The van der Waals surface area contributed by atoms with Gasteiger partial charge in [0, 0.05) is 0 Å². The molecule has 4 rings (SSSR count). The van der Waals surface area contributed by atoms with Gasteiger partial charge in [0.1, 0.15) is 5.60 Å². The maximum absolute atomic E-state index is 14.9. The molecule has 0 aromatic heterocycles. The van der Waals surface area contributed by atoms with Gasteiger partial charge in [-0.15, -0.1) is 0 Å². The zero-order valence-corrected chi connectivity index (χ0v) is 17.5. The molecule has 0 aromatic rings. The second kappa shape index (κ2) is 7.49. The molecule has 35 heavy (non-hydrogen) atoms. The van der Waals surface area contributed by atoms with Crippen LogP contribution >= 0.6 is 0 Å². The fourth-order valence-corrected chi connectivity index (χ4v) is 6.34. The highest BCUT2D eigenvalue weighted by atomic mass is 19.4. The van der Waals surface area contributed by atoms with Gasteiger partial charge in [0.05, 0.1) is 0 Å². The largest absolute Gasteiger partial charge is 0.460 e. The number of halogens is 15. The number of rotatable bonds is 7. The van der Waals surface area contributed by atoms with Crippen molar-refractivity contribution in [1.29, 1.82) is 0 Å². The zero-order chi connectivity index (χ0) is 27.4. The molecule has 1 atom stereocenters. The Kier molecular flexibility index (Phi) is 6.09. The van der Waals surface area contributed by atoms with Crippen LogP contribution in [0.3, 0.4) is 0 Å². The van der Waals surface area contributed by atoms with Crippen LogP contribution in [0.15, 0.2) is 0 Å². The minimum atomic E-state index is -8.34. The summed E-state index contributed by atoms with van der Waals surface area (Å²) in [6.07, 6.45) is -6.54. The van der Waals surface area contributed by atoms with Crippen molar-refractivity contribution < 1.29 is 71.0 Å². The van der Waals surface area contributed by atoms with Crippen LogP contribution in [0.4, 0.5) is 65.9 Å². The number of hydrogen-bond acceptors (Lipinski definition) is 1. The van der Waals surface area contributed by atoms with Crippen molar-refractivity contribution in [2.75, 3.05) is 0 Å². The number of alkyl halides is 15. The maximum atomic E-state index is 14.9. The molecule has 4 aliphatic rings. The standard InChI is InChI=1S/C19H19F15O/c1-12(35,11-9-3-7-2-8(5-9)6-10(11)4-7)13(20,21)14(22,23)15(24,25)16(26,27)17(28,29)18(30,31)19(32,33)34/h7-11,35H,2-6H2,1H3. The lowest BCUT2D eigenvalue weighted by Crippen LogP contribution is -2.76. The van der Waals surface area contributed by atoms with Gasteiger partial charge in [-0.25, -0.2) is 0 Å². The molecule has 1 nitrogen and oxygen atoms in total. The van der Waals surface area contributed by atoms with E-state index in [0.717, 1.165) is 0 Å². The Morgan fingerprint density at radius 2 is 0.743 bits per heavy atom. The molecule has 0 aromatic carbocycles. The van der Waals surface area contributed by atoms with Crippen LogP contribution < -0.4 is 0 Å². The predicted octanol–water partition coefficient (Wildman–Crippen LogP) is 7.18. The highest BCUT2D eigenvalue weighted by Crippen LogP contribution is 2.67. The summed E-state index contributed by atoms with van der Waals surface area (Å²) in [5.41, 5.74) is -4.24. The monoisotopic (exact) mass is 548 g/mol. The van der Waals surface area contributed by atoms with Crippen LogP contribution in [0.25, 0.3) is 0 Å². The third-order valence-electron chi connectivity index (χ3n) is 7.84. The average molecular weight is 548 g/mol. The Morgan fingerprint density at radius 1 is 0.457 bits per heavy atom. The Hall–Kier alpha value is -1.09. The molecule has 4 bridgehead atoms. The lowest BCUT2D eigenvalue weighted by Gasteiger charge is -2.59. The van der Waals surface area contributed by atoms with Crippen LogP contribution in [0, 0.1) is 29.6 Å². The quantitative estimate of drug-likeness (QED) is 0.334. The summed E-state index contributed by atoms with van der Waals surface area (Å²) >= 11 is 0. The first-order valence-corrected chi connectivity index (χ1v) is 10.3. The molecule has 1 N–H and O–H groups in total. The van der Waals surface area contributed by atoms with Crippen LogP contribution in [0.2, 0.25) is 0 Å². The van der Waals surface area contributed by atoms with Crippen LogP contribution in [-0.2, 0) is 0 Å². The van der Waals surface area contributed by atoms with Crippen LogP contribution in [-0.4, -0.2) is 52.4 Å². The molecule has 0 aliphatic heterocycles. The molecule has 4 saturated carbocycles. The molecule has 206 valence electrons. The molecule has 0 spiro atoms. The molecule has 0 radical (unpaired) electrons. The summed E-state index contributed by atoms with van der Waals surface area (Å²) in [6, 6.07) is 0. The Balaban J connectivity index is 2.04. The highest BCUT2D eigenvalue weighted by molar-refractivity contribution is 5.18. The van der Waals surface area contributed by atoms with E-state index in [0.29, 0.717) is 6.42 Å². The van der Waals surface area contributed by atoms with E-state index in [1.165, 1.54) is 0 Å². The molecular formula is C19H19F15O. The van der Waals surface area contributed by atoms with E-state index in [1.54, 1.807) is 0 Å². The van der Waals surface area contributed by atoms with E-state index >= 15 is 0 Å². The van der Waals surface area contributed by atoms with Crippen molar-refractivity contribution in [3.63, 3.8) is 0 Å². The number of aliphatic hydroxyl groups is 1. The minimum Gasteiger partial charge on any atom is -0.383 e. The van der Waals surface area contributed by atoms with E-state index in [2.05, 4.69) is 0 Å². The van der Waals surface area contributed by atoms with E-state index < -0.39 is 65.1 Å². The molecule has 4 aliphatic carbocycles. The van der Waals surface area contributed by atoms with E-state index in [4.69, 9.17) is 0 Å². The third-order valence-corrected chi connectivity index (χ3v) is 7.84. The molecular weight excluding hydrogens is 529 g/mol. The van der Waals surface area contributed by atoms with Gasteiger partial charge in [-0.1, -0.05) is 0 Å². The Morgan fingerprint density at radius 3 is 1.06 bits per heavy atom. The minimum absolute atomic E-state index is 0.0484. The maximum Gasteiger partial charge on any atom is 0.460 e. The van der Waals surface area contributed by atoms with E-state index in [9.17, 15) is 71.0 Å².